The Hall–Kier alpha value is -3.63. The Labute approximate surface area is 197 Å². The van der Waals surface area contributed by atoms with Crippen LogP contribution in [-0.4, -0.2) is 23.9 Å². The summed E-state index contributed by atoms with van der Waals surface area (Å²) >= 11 is 0. The van der Waals surface area contributed by atoms with Crippen LogP contribution in [0.4, 0.5) is 0 Å². The van der Waals surface area contributed by atoms with Crippen molar-refractivity contribution < 1.29 is 26.0 Å². The van der Waals surface area contributed by atoms with Gasteiger partial charge in [-0.2, -0.15) is 13.2 Å². The van der Waals surface area contributed by atoms with Crippen LogP contribution in [0.1, 0.15) is 11.1 Å². The van der Waals surface area contributed by atoms with E-state index in [-0.39, 0.29) is 20.3 Å². The number of hydrogen-bond donors (Lipinski definition) is 1. The summed E-state index contributed by atoms with van der Waals surface area (Å²) in [6.07, 6.45) is 0. The highest BCUT2D eigenvalue weighted by Gasteiger charge is 2.24. The van der Waals surface area contributed by atoms with Crippen molar-refractivity contribution in [2.45, 2.75) is 28.5 Å². The molecule has 0 aliphatic rings. The van der Waals surface area contributed by atoms with E-state index in [0.717, 1.165) is 11.1 Å². The number of aryl methyl sites for hydroxylation is 2. The second-order valence-electron chi connectivity index (χ2n) is 7.63. The van der Waals surface area contributed by atoms with Gasteiger partial charge in [0.15, 0.2) is 11.3 Å². The summed E-state index contributed by atoms with van der Waals surface area (Å²) in [6.45, 7) is 3.67. The fraction of sp³-hybridized carbons (Fsp3) is 0.125. The van der Waals surface area contributed by atoms with Crippen molar-refractivity contribution in [1.82, 2.24) is 4.83 Å². The molecule has 4 rings (SSSR count). The fourth-order valence-corrected chi connectivity index (χ4v) is 5.40. The molecule has 0 spiro atoms. The molecule has 8 nitrogen and oxygen atoms in total. The number of hydrogen-bond acceptors (Lipinski definition) is 7. The van der Waals surface area contributed by atoms with E-state index in [1.54, 1.807) is 42.5 Å². The molecule has 0 atom stereocenters. The van der Waals surface area contributed by atoms with Crippen molar-refractivity contribution in [3.8, 4) is 5.75 Å². The lowest BCUT2D eigenvalue weighted by molar-refractivity contribution is 0.402. The predicted molar refractivity (Wildman–Crippen MR) is 126 cm³/mol. The lowest BCUT2D eigenvalue weighted by atomic mass is 10.2. The molecule has 0 unspecified atom stereocenters. The largest absolute Gasteiger partial charge is 0.493 e. The summed E-state index contributed by atoms with van der Waals surface area (Å²) in [6, 6.07) is 18.8. The molecule has 3 aromatic carbocycles. The Morgan fingerprint density at radius 2 is 1.41 bits per heavy atom. The number of ether oxygens (including phenoxy) is 1. The molecule has 0 saturated carbocycles. The Morgan fingerprint density at radius 3 is 2.00 bits per heavy atom. The van der Waals surface area contributed by atoms with E-state index in [9.17, 15) is 16.8 Å². The number of sulfone groups is 1. The highest BCUT2D eigenvalue weighted by molar-refractivity contribution is 7.91. The zero-order valence-corrected chi connectivity index (χ0v) is 20.3. The van der Waals surface area contributed by atoms with Gasteiger partial charge >= 0.3 is 0 Å². The number of methoxy groups -OCH3 is 1. The summed E-state index contributed by atoms with van der Waals surface area (Å²) in [5, 5.41) is 4.32. The van der Waals surface area contributed by atoms with E-state index in [1.807, 2.05) is 13.8 Å². The summed E-state index contributed by atoms with van der Waals surface area (Å²) in [4.78, 5) is 1.79. The second-order valence-corrected chi connectivity index (χ2v) is 11.2. The molecule has 34 heavy (non-hydrogen) atoms. The number of rotatable bonds is 6. The van der Waals surface area contributed by atoms with Crippen LogP contribution in [0.2, 0.25) is 0 Å². The molecule has 0 aliphatic carbocycles. The van der Waals surface area contributed by atoms with Gasteiger partial charge in [0.25, 0.3) is 15.6 Å². The van der Waals surface area contributed by atoms with Crippen molar-refractivity contribution in [3.05, 3.63) is 89.5 Å². The Balaban J connectivity index is 1.93. The fourth-order valence-electron chi connectivity index (χ4n) is 3.25. The molecule has 10 heteroatoms. The molecule has 1 N–H and O–H groups in total. The molecule has 0 bridgehead atoms. The third kappa shape index (κ3) is 4.55. The normalized spacial score (nSPS) is 12.6. The number of para-hydroxylation sites is 1. The molecule has 0 amide bonds. The summed E-state index contributed by atoms with van der Waals surface area (Å²) in [5.74, 6) is 0.342. The van der Waals surface area contributed by atoms with Crippen molar-refractivity contribution in [2.75, 3.05) is 7.11 Å². The lowest BCUT2D eigenvalue weighted by Crippen LogP contribution is -2.24. The maximum Gasteiger partial charge on any atom is 0.276 e. The third-order valence-corrected chi connectivity index (χ3v) is 8.13. The highest BCUT2D eigenvalue weighted by atomic mass is 32.2. The number of benzene rings is 3. The zero-order valence-electron chi connectivity index (χ0n) is 18.6. The molecule has 1 heterocycles. The topological polar surface area (TPSA) is 115 Å². The molecule has 4 aromatic rings. The van der Waals surface area contributed by atoms with Crippen LogP contribution in [0, 0.1) is 13.8 Å². The monoisotopic (exact) mass is 498 g/mol. The second kappa shape index (κ2) is 8.96. The first kappa shape index (κ1) is 23.5. The van der Waals surface area contributed by atoms with E-state index in [2.05, 4.69) is 9.93 Å². The van der Waals surface area contributed by atoms with Crippen LogP contribution in [-0.2, 0) is 19.9 Å². The highest BCUT2D eigenvalue weighted by Crippen LogP contribution is 2.27. The Bertz CT molecular complexity index is 1640. The average molecular weight is 499 g/mol. The number of nitrogens with zero attached hydrogens (tertiary/aromatic N) is 1. The van der Waals surface area contributed by atoms with Gasteiger partial charge in [0.1, 0.15) is 4.90 Å². The van der Waals surface area contributed by atoms with E-state index in [0.29, 0.717) is 11.1 Å². The number of nitrogens with one attached hydrogen (secondary N) is 1. The summed E-state index contributed by atoms with van der Waals surface area (Å²) < 4.78 is 63.5. The van der Waals surface area contributed by atoms with Gasteiger partial charge < -0.3 is 9.15 Å². The zero-order chi connectivity index (χ0) is 24.5. The molecule has 0 saturated heterocycles. The maximum absolute atomic E-state index is 13.5. The molecule has 0 fully saturated rings. The smallest absolute Gasteiger partial charge is 0.276 e. The van der Waals surface area contributed by atoms with Gasteiger partial charge in [-0.25, -0.2) is 8.42 Å². The van der Waals surface area contributed by atoms with Gasteiger partial charge in [0.05, 0.1) is 16.9 Å². The van der Waals surface area contributed by atoms with Crippen LogP contribution in [0.3, 0.4) is 0 Å². The average Bonchev–Trinajstić information content (AvgIpc) is 2.82. The standard InChI is InChI=1S/C24H22N2O6S2/c1-16-7-11-19(12-8-16)33(27,28)22-15-18-5-4-6-21(31-3)23(18)32-24(22)25-26-34(29,30)20-13-9-17(2)10-14-20/h4-15,26H,1-3H3. The first-order valence-corrected chi connectivity index (χ1v) is 13.1. The van der Waals surface area contributed by atoms with E-state index >= 15 is 0 Å². The van der Waals surface area contributed by atoms with Gasteiger partial charge in [-0.1, -0.05) is 47.5 Å². The van der Waals surface area contributed by atoms with Gasteiger partial charge in [-0.05, 0) is 50.2 Å². The van der Waals surface area contributed by atoms with Gasteiger partial charge in [0.2, 0.25) is 9.84 Å². The SMILES string of the molecule is COc1cccc2cc(S(=O)(=O)c3ccc(C)cc3)c(=NNS(=O)(=O)c3ccc(C)cc3)oc12. The van der Waals surface area contributed by atoms with Crippen LogP contribution in [0.15, 0.2) is 97.0 Å². The molecule has 0 aliphatic heterocycles. The van der Waals surface area contributed by atoms with E-state index < -0.39 is 25.4 Å². The van der Waals surface area contributed by atoms with Crippen LogP contribution >= 0.6 is 0 Å². The predicted octanol–water partition coefficient (Wildman–Crippen LogP) is 3.69. The van der Waals surface area contributed by atoms with E-state index in [4.69, 9.17) is 9.15 Å². The minimum atomic E-state index is -4.10. The minimum absolute atomic E-state index is 0.0217. The van der Waals surface area contributed by atoms with Crippen molar-refractivity contribution >= 4 is 30.8 Å². The first-order chi connectivity index (χ1) is 16.1. The molecule has 0 radical (unpaired) electrons. The van der Waals surface area contributed by atoms with Crippen molar-refractivity contribution in [1.29, 1.82) is 0 Å². The van der Waals surface area contributed by atoms with Crippen LogP contribution < -0.4 is 15.1 Å². The molecular formula is C24H22N2O6S2. The summed E-state index contributed by atoms with van der Waals surface area (Å²) in [7, 11) is -6.74. The molecular weight excluding hydrogens is 476 g/mol. The first-order valence-electron chi connectivity index (χ1n) is 10.2. The van der Waals surface area contributed by atoms with Gasteiger partial charge in [-0.15, -0.1) is 5.10 Å². The Kier molecular flexibility index (Phi) is 6.20. The lowest BCUT2D eigenvalue weighted by Gasteiger charge is -2.09. The molecule has 1 aromatic heterocycles. The minimum Gasteiger partial charge on any atom is -0.493 e. The van der Waals surface area contributed by atoms with E-state index in [1.165, 1.54) is 37.4 Å². The van der Waals surface area contributed by atoms with Crippen molar-refractivity contribution in [2.24, 2.45) is 5.10 Å². The van der Waals surface area contributed by atoms with Crippen LogP contribution in [0.5, 0.6) is 5.75 Å². The van der Waals surface area contributed by atoms with Gasteiger partial charge in [-0.3, -0.25) is 0 Å². The Morgan fingerprint density at radius 1 is 0.824 bits per heavy atom. The molecule has 176 valence electrons. The van der Waals surface area contributed by atoms with Crippen LogP contribution in [0.25, 0.3) is 11.0 Å². The third-order valence-electron chi connectivity index (χ3n) is 5.14. The summed E-state index contributed by atoms with van der Waals surface area (Å²) in [5.41, 5.74) is 1.58. The number of fused-ring (bicyclic) bond motifs is 1. The van der Waals surface area contributed by atoms with Crippen molar-refractivity contribution in [3.63, 3.8) is 0 Å². The quantitative estimate of drug-likeness (QED) is 0.406. The maximum atomic E-state index is 13.5. The van der Waals surface area contributed by atoms with Gasteiger partial charge in [0, 0.05) is 5.39 Å². The number of sulfonamides is 1.